The molecule has 35 heavy (non-hydrogen) atoms. The van der Waals surface area contributed by atoms with Gasteiger partial charge >= 0.3 is 0 Å². The van der Waals surface area contributed by atoms with Crippen molar-refractivity contribution >= 4 is 57.7 Å². The summed E-state index contributed by atoms with van der Waals surface area (Å²) in [7, 11) is 0. The Balaban J connectivity index is 1.46. The Labute approximate surface area is 212 Å². The third kappa shape index (κ3) is 6.08. The van der Waals surface area contributed by atoms with Crippen LogP contribution in [-0.4, -0.2) is 46.2 Å². The number of benzene rings is 1. The fourth-order valence-corrected chi connectivity index (χ4v) is 5.17. The van der Waals surface area contributed by atoms with Gasteiger partial charge in [-0.1, -0.05) is 36.0 Å². The Morgan fingerprint density at radius 3 is 2.43 bits per heavy atom. The highest BCUT2D eigenvalue weighted by Gasteiger charge is 2.40. The minimum absolute atomic E-state index is 0.0989. The second-order valence-corrected chi connectivity index (χ2v) is 11.1. The number of rotatable bonds is 9. The van der Waals surface area contributed by atoms with Gasteiger partial charge in [-0.05, 0) is 57.2 Å². The molecule has 1 aliphatic heterocycles. The normalized spacial score (nSPS) is 20.8. The number of carbonyl (C=O) groups excluding carboxylic acids is 4. The molecule has 2 unspecified atom stereocenters. The molecule has 4 amide bonds. The molecule has 1 saturated heterocycles. The highest BCUT2D eigenvalue weighted by molar-refractivity contribution is 6.38. The maximum Gasteiger partial charge on any atom is 0.268 e. The fourth-order valence-electron chi connectivity index (χ4n) is 4.63. The second-order valence-electron chi connectivity index (χ2n) is 10.2. The van der Waals surface area contributed by atoms with Crippen LogP contribution in [0, 0.1) is 11.8 Å². The highest BCUT2D eigenvalue weighted by atomic mass is 35.5. The Morgan fingerprint density at radius 2 is 1.83 bits per heavy atom. The van der Waals surface area contributed by atoms with Crippen LogP contribution in [0.1, 0.15) is 56.4 Å². The monoisotopic (exact) mass is 521 g/mol. The van der Waals surface area contributed by atoms with Crippen LogP contribution in [0.2, 0.25) is 10.0 Å². The number of primary amides is 1. The van der Waals surface area contributed by atoms with Gasteiger partial charge in [-0.25, -0.2) is 0 Å². The summed E-state index contributed by atoms with van der Waals surface area (Å²) in [4.78, 5) is 53.5. The molecular weight excluding hydrogens is 493 g/mol. The van der Waals surface area contributed by atoms with Crippen LogP contribution < -0.4 is 21.7 Å². The predicted molar refractivity (Wildman–Crippen MR) is 133 cm³/mol. The molecular formula is C24H29Cl2N5O4. The average Bonchev–Trinajstić information content (AvgIpc) is 3.39. The van der Waals surface area contributed by atoms with E-state index in [1.54, 1.807) is 18.2 Å². The summed E-state index contributed by atoms with van der Waals surface area (Å²) in [5.41, 5.74) is 5.99. The van der Waals surface area contributed by atoms with Gasteiger partial charge in [-0.2, -0.15) is 0 Å². The third-order valence-electron chi connectivity index (χ3n) is 6.55. The number of H-pyrrole nitrogens is 1. The number of halogens is 2. The van der Waals surface area contributed by atoms with Crippen molar-refractivity contribution in [1.29, 1.82) is 0 Å². The molecule has 2 heterocycles. The third-order valence-corrected chi connectivity index (χ3v) is 7.08. The van der Waals surface area contributed by atoms with Gasteiger partial charge in [0.25, 0.3) is 5.91 Å². The number of fused-ring (bicyclic) bond motifs is 1. The van der Waals surface area contributed by atoms with E-state index in [1.807, 2.05) is 13.8 Å². The lowest BCUT2D eigenvalue weighted by molar-refractivity contribution is -0.130. The topological polar surface area (TPSA) is 146 Å². The van der Waals surface area contributed by atoms with Crippen molar-refractivity contribution in [3.8, 4) is 0 Å². The van der Waals surface area contributed by atoms with Crippen molar-refractivity contribution < 1.29 is 19.2 Å². The van der Waals surface area contributed by atoms with E-state index in [0.29, 0.717) is 39.7 Å². The first kappa shape index (κ1) is 25.3. The number of aromatic nitrogens is 1. The molecule has 188 valence electrons. The molecule has 4 rings (SSSR count). The number of carbonyl (C=O) groups is 4. The largest absolute Gasteiger partial charge is 0.368 e. The van der Waals surface area contributed by atoms with Gasteiger partial charge in [-0.3, -0.25) is 19.2 Å². The molecule has 1 aliphatic carbocycles. The summed E-state index contributed by atoms with van der Waals surface area (Å²) < 4.78 is 0. The molecule has 6 N–H and O–H groups in total. The molecule has 2 aliphatic rings. The van der Waals surface area contributed by atoms with Crippen LogP contribution in [0.15, 0.2) is 18.2 Å². The first-order valence-electron chi connectivity index (χ1n) is 11.6. The predicted octanol–water partition coefficient (Wildman–Crippen LogP) is 2.65. The number of hydrogen-bond donors (Lipinski definition) is 5. The molecule has 3 atom stereocenters. The maximum atomic E-state index is 13.2. The van der Waals surface area contributed by atoms with E-state index in [0.717, 1.165) is 12.8 Å². The zero-order valence-corrected chi connectivity index (χ0v) is 21.1. The lowest BCUT2D eigenvalue weighted by Crippen LogP contribution is -2.53. The smallest absolute Gasteiger partial charge is 0.268 e. The maximum absolute atomic E-state index is 13.2. The van der Waals surface area contributed by atoms with Gasteiger partial charge in [0, 0.05) is 27.4 Å². The summed E-state index contributed by atoms with van der Waals surface area (Å²) in [6.45, 7) is 3.80. The van der Waals surface area contributed by atoms with Crippen LogP contribution >= 0.6 is 23.2 Å². The number of hydrogen-bond acceptors (Lipinski definition) is 4. The van der Waals surface area contributed by atoms with Gasteiger partial charge in [-0.15, -0.1) is 0 Å². The zero-order valence-electron chi connectivity index (χ0n) is 19.5. The molecule has 1 aromatic heterocycles. The Morgan fingerprint density at radius 1 is 1.11 bits per heavy atom. The van der Waals surface area contributed by atoms with E-state index in [1.165, 1.54) is 0 Å². The van der Waals surface area contributed by atoms with Gasteiger partial charge in [0.15, 0.2) is 0 Å². The van der Waals surface area contributed by atoms with Gasteiger partial charge in [0.2, 0.25) is 17.7 Å². The van der Waals surface area contributed by atoms with Gasteiger partial charge < -0.3 is 26.7 Å². The van der Waals surface area contributed by atoms with Crippen molar-refractivity contribution in [3.05, 3.63) is 33.9 Å². The molecule has 9 nitrogen and oxygen atoms in total. The van der Waals surface area contributed by atoms with Crippen molar-refractivity contribution in [2.75, 3.05) is 0 Å². The summed E-state index contributed by atoms with van der Waals surface area (Å²) in [5, 5.41) is 9.78. The molecule has 1 aromatic carbocycles. The van der Waals surface area contributed by atoms with Gasteiger partial charge in [0.1, 0.15) is 17.8 Å². The molecule has 2 aromatic rings. The first-order valence-corrected chi connectivity index (χ1v) is 12.4. The minimum Gasteiger partial charge on any atom is -0.368 e. The quantitative estimate of drug-likeness (QED) is 0.345. The summed E-state index contributed by atoms with van der Waals surface area (Å²) >= 11 is 12.3. The lowest BCUT2D eigenvalue weighted by atomic mass is 9.91. The van der Waals surface area contributed by atoms with Crippen LogP contribution in [0.4, 0.5) is 0 Å². The standard InChI is InChI=1S/C24H29Cl2N5O4/c1-24(2)10-12(21(33)31-24)6-17(20(27)32)29-22(34)18(5-11-3-4-11)30-23(35)19-9-14-15(26)7-13(25)8-16(14)28-19/h7-9,11-12,17-18,28H,3-6,10H2,1-2H3,(H2,27,32)(H,29,34)(H,30,35)(H,31,33)/t12-,17?,18?/m1/s1. The SMILES string of the molecule is CC1(C)C[C@@H](CC(NC(=O)C(CC2CC2)NC(=O)c2cc3c(Cl)cc(Cl)cc3[nH]2)C(N)=O)C(=O)N1. The minimum atomic E-state index is -1.03. The van der Waals surface area contributed by atoms with Crippen molar-refractivity contribution in [1.82, 2.24) is 20.9 Å². The molecule has 0 radical (unpaired) electrons. The average molecular weight is 522 g/mol. The van der Waals surface area contributed by atoms with E-state index in [2.05, 4.69) is 20.9 Å². The van der Waals surface area contributed by atoms with E-state index in [9.17, 15) is 19.2 Å². The van der Waals surface area contributed by atoms with Crippen LogP contribution in [-0.2, 0) is 14.4 Å². The fraction of sp³-hybridized carbons (Fsp3) is 0.500. The van der Waals surface area contributed by atoms with E-state index >= 15 is 0 Å². The Hall–Kier alpha value is -2.78. The molecule has 1 saturated carbocycles. The summed E-state index contributed by atoms with van der Waals surface area (Å²) in [6, 6.07) is 2.95. The molecule has 0 spiro atoms. The van der Waals surface area contributed by atoms with Gasteiger partial charge in [0.05, 0.1) is 5.02 Å². The zero-order chi connectivity index (χ0) is 25.5. The molecule has 0 bridgehead atoms. The van der Waals surface area contributed by atoms with Crippen LogP contribution in [0.25, 0.3) is 10.9 Å². The highest BCUT2D eigenvalue weighted by Crippen LogP contribution is 2.34. The van der Waals surface area contributed by atoms with Crippen molar-refractivity contribution in [2.45, 2.75) is 63.6 Å². The number of amides is 4. The van der Waals surface area contributed by atoms with Crippen molar-refractivity contribution in [2.24, 2.45) is 17.6 Å². The second kappa shape index (κ2) is 9.70. The molecule has 11 heteroatoms. The number of nitrogens with two attached hydrogens (primary N) is 1. The summed E-state index contributed by atoms with van der Waals surface area (Å²) in [6.07, 6.45) is 3.00. The van der Waals surface area contributed by atoms with E-state index in [4.69, 9.17) is 28.9 Å². The summed E-state index contributed by atoms with van der Waals surface area (Å²) in [5.74, 6) is -2.02. The Bertz CT molecular complexity index is 1190. The van der Waals surface area contributed by atoms with Crippen LogP contribution in [0.5, 0.6) is 0 Å². The van der Waals surface area contributed by atoms with Crippen LogP contribution in [0.3, 0.4) is 0 Å². The van der Waals surface area contributed by atoms with E-state index in [-0.39, 0.29) is 23.6 Å². The number of aromatic amines is 1. The Kier molecular flexibility index (Phi) is 7.02. The van der Waals surface area contributed by atoms with Crippen molar-refractivity contribution in [3.63, 3.8) is 0 Å². The van der Waals surface area contributed by atoms with E-state index < -0.39 is 35.7 Å². The number of nitrogens with one attached hydrogen (secondary N) is 4. The molecule has 2 fully saturated rings. The first-order chi connectivity index (χ1) is 16.4. The lowest BCUT2D eigenvalue weighted by Gasteiger charge is -2.23.